The number of carbonyl (C=O) groups excluding carboxylic acids is 2. The van der Waals surface area contributed by atoms with E-state index in [1.807, 2.05) is 51.1 Å². The predicted molar refractivity (Wildman–Crippen MR) is 171 cm³/mol. The summed E-state index contributed by atoms with van der Waals surface area (Å²) in [6.07, 6.45) is 0.112. The lowest BCUT2D eigenvalue weighted by molar-refractivity contribution is -0.140. The van der Waals surface area contributed by atoms with Gasteiger partial charge in [0.25, 0.3) is 10.0 Å². The first-order valence-corrected chi connectivity index (χ1v) is 15.9. The molecule has 230 valence electrons. The van der Waals surface area contributed by atoms with Gasteiger partial charge in [0.1, 0.15) is 18.4 Å². The molecule has 7 nitrogen and oxygen atoms in total. The summed E-state index contributed by atoms with van der Waals surface area (Å²) < 4.78 is 43.9. The highest BCUT2D eigenvalue weighted by atomic mass is 35.5. The smallest absolute Gasteiger partial charge is 0.264 e. The van der Waals surface area contributed by atoms with Crippen LogP contribution in [0.3, 0.4) is 0 Å². The minimum absolute atomic E-state index is 0.0420. The quantitative estimate of drug-likeness (QED) is 0.212. The van der Waals surface area contributed by atoms with Crippen molar-refractivity contribution in [1.29, 1.82) is 0 Å². The molecule has 0 saturated carbocycles. The third kappa shape index (κ3) is 8.24. The van der Waals surface area contributed by atoms with Crippen molar-refractivity contribution in [3.05, 3.63) is 131 Å². The molecule has 4 aromatic rings. The number of sulfonamides is 1. The molecule has 0 saturated heterocycles. The molecule has 1 atom stereocenters. The van der Waals surface area contributed by atoms with E-state index < -0.39 is 45.8 Å². The van der Waals surface area contributed by atoms with Gasteiger partial charge in [-0.05, 0) is 56.7 Å². The second-order valence-corrected chi connectivity index (χ2v) is 13.6. The molecule has 0 bridgehead atoms. The van der Waals surface area contributed by atoms with E-state index in [0.29, 0.717) is 0 Å². The van der Waals surface area contributed by atoms with Gasteiger partial charge in [-0.1, -0.05) is 90.5 Å². The van der Waals surface area contributed by atoms with Gasteiger partial charge in [-0.25, -0.2) is 12.8 Å². The third-order valence-electron chi connectivity index (χ3n) is 6.80. The average Bonchev–Trinajstić information content (AvgIpc) is 2.99. The molecule has 0 aromatic heterocycles. The van der Waals surface area contributed by atoms with Gasteiger partial charge in [-0.15, -0.1) is 0 Å². The summed E-state index contributed by atoms with van der Waals surface area (Å²) in [4.78, 5) is 29.5. The fourth-order valence-electron chi connectivity index (χ4n) is 4.70. The number of benzene rings is 4. The van der Waals surface area contributed by atoms with Gasteiger partial charge < -0.3 is 10.2 Å². The zero-order chi connectivity index (χ0) is 31.9. The van der Waals surface area contributed by atoms with Gasteiger partial charge in [0.2, 0.25) is 11.8 Å². The van der Waals surface area contributed by atoms with Crippen LogP contribution < -0.4 is 9.62 Å². The summed E-state index contributed by atoms with van der Waals surface area (Å²) in [5.41, 5.74) is 0.403. The van der Waals surface area contributed by atoms with E-state index in [1.165, 1.54) is 47.4 Å². The maximum Gasteiger partial charge on any atom is 0.264 e. The first kappa shape index (κ1) is 32.7. The Bertz CT molecular complexity index is 1700. The van der Waals surface area contributed by atoms with Crippen LogP contribution in [-0.4, -0.2) is 43.3 Å². The number of para-hydroxylation sites is 1. The van der Waals surface area contributed by atoms with Crippen LogP contribution in [0.5, 0.6) is 0 Å². The summed E-state index contributed by atoms with van der Waals surface area (Å²) in [6, 6.07) is 28.0. The van der Waals surface area contributed by atoms with E-state index in [2.05, 4.69) is 5.32 Å². The maximum atomic E-state index is 15.0. The summed E-state index contributed by atoms with van der Waals surface area (Å²) in [6.45, 7) is 4.49. The van der Waals surface area contributed by atoms with Crippen molar-refractivity contribution in [3.8, 4) is 0 Å². The Morgan fingerprint density at radius 1 is 0.841 bits per heavy atom. The van der Waals surface area contributed by atoms with E-state index >= 15 is 4.39 Å². The lowest BCUT2D eigenvalue weighted by Crippen LogP contribution is -2.56. The number of nitrogens with zero attached hydrogens (tertiary/aromatic N) is 2. The lowest BCUT2D eigenvalue weighted by Gasteiger charge is -2.35. The molecule has 0 aliphatic rings. The molecule has 1 N–H and O–H groups in total. The van der Waals surface area contributed by atoms with Crippen molar-refractivity contribution in [2.45, 2.75) is 50.2 Å². The summed E-state index contributed by atoms with van der Waals surface area (Å²) >= 11 is 6.47. The van der Waals surface area contributed by atoms with Crippen LogP contribution in [0.15, 0.2) is 114 Å². The Balaban J connectivity index is 1.83. The summed E-state index contributed by atoms with van der Waals surface area (Å²) in [5, 5.41) is 3.06. The predicted octanol–water partition coefficient (Wildman–Crippen LogP) is 6.23. The monoisotopic (exact) mass is 635 g/mol. The van der Waals surface area contributed by atoms with Crippen LogP contribution >= 0.6 is 11.6 Å². The number of hydrogen-bond acceptors (Lipinski definition) is 4. The Morgan fingerprint density at radius 3 is 2.02 bits per heavy atom. The lowest BCUT2D eigenvalue weighted by atomic mass is 10.0. The number of amides is 2. The van der Waals surface area contributed by atoms with E-state index in [-0.39, 0.29) is 34.1 Å². The Morgan fingerprint density at radius 2 is 1.41 bits per heavy atom. The van der Waals surface area contributed by atoms with Crippen LogP contribution in [0.1, 0.15) is 31.9 Å². The second-order valence-electron chi connectivity index (χ2n) is 11.3. The van der Waals surface area contributed by atoms with Crippen molar-refractivity contribution in [3.63, 3.8) is 0 Å². The van der Waals surface area contributed by atoms with E-state index in [1.54, 1.807) is 36.4 Å². The first-order valence-electron chi connectivity index (χ1n) is 14.1. The van der Waals surface area contributed by atoms with E-state index in [9.17, 15) is 18.0 Å². The van der Waals surface area contributed by atoms with Crippen molar-refractivity contribution in [2.24, 2.45) is 0 Å². The zero-order valence-corrected chi connectivity index (χ0v) is 26.4. The fraction of sp³-hybridized carbons (Fsp3) is 0.235. The summed E-state index contributed by atoms with van der Waals surface area (Å²) in [7, 11) is -4.29. The highest BCUT2D eigenvalue weighted by molar-refractivity contribution is 7.92. The molecular weight excluding hydrogens is 601 g/mol. The Kier molecular flexibility index (Phi) is 10.4. The number of rotatable bonds is 11. The molecule has 10 heteroatoms. The topological polar surface area (TPSA) is 86.8 Å². The normalized spacial score (nSPS) is 12.3. The molecule has 0 spiro atoms. The van der Waals surface area contributed by atoms with E-state index in [4.69, 9.17) is 11.6 Å². The summed E-state index contributed by atoms with van der Waals surface area (Å²) in [5.74, 6) is -1.72. The van der Waals surface area contributed by atoms with Gasteiger partial charge in [0.15, 0.2) is 0 Å². The van der Waals surface area contributed by atoms with Crippen molar-refractivity contribution >= 4 is 39.1 Å². The fourth-order valence-corrected chi connectivity index (χ4v) is 6.45. The Hall–Kier alpha value is -4.21. The van der Waals surface area contributed by atoms with Gasteiger partial charge in [-0.2, -0.15) is 0 Å². The molecule has 0 aliphatic carbocycles. The standard InChI is InChI=1S/C34H35ClFN3O4S/c1-34(2,3)37-33(41)31(22-25-14-6-4-7-15-25)38(23-26-16-10-12-20-29(26)36)32(40)24-39(30-21-13-11-19-28(30)35)44(42,43)27-17-8-5-9-18-27/h4-21,31H,22-24H2,1-3H3,(H,37,41). The molecule has 4 aromatic carbocycles. The van der Waals surface area contributed by atoms with Crippen molar-refractivity contribution in [1.82, 2.24) is 10.2 Å². The number of anilines is 1. The van der Waals surface area contributed by atoms with Gasteiger partial charge in [0, 0.05) is 24.1 Å². The van der Waals surface area contributed by atoms with Crippen LogP contribution in [0.2, 0.25) is 5.02 Å². The number of hydrogen-bond donors (Lipinski definition) is 1. The largest absolute Gasteiger partial charge is 0.350 e. The first-order chi connectivity index (χ1) is 20.9. The zero-order valence-electron chi connectivity index (χ0n) is 24.8. The molecule has 0 fully saturated rings. The minimum atomic E-state index is -4.29. The number of halogens is 2. The van der Waals surface area contributed by atoms with Crippen LogP contribution in [0, 0.1) is 5.82 Å². The molecule has 2 amide bonds. The van der Waals surface area contributed by atoms with Crippen LogP contribution in [0.25, 0.3) is 0 Å². The maximum absolute atomic E-state index is 15.0. The highest BCUT2D eigenvalue weighted by Gasteiger charge is 2.36. The molecule has 0 radical (unpaired) electrons. The third-order valence-corrected chi connectivity index (χ3v) is 8.89. The highest BCUT2D eigenvalue weighted by Crippen LogP contribution is 2.31. The minimum Gasteiger partial charge on any atom is -0.350 e. The second kappa shape index (κ2) is 14.1. The molecule has 44 heavy (non-hydrogen) atoms. The Labute approximate surface area is 263 Å². The van der Waals surface area contributed by atoms with Gasteiger partial charge >= 0.3 is 0 Å². The molecule has 4 rings (SSSR count). The van der Waals surface area contributed by atoms with Crippen LogP contribution in [0.4, 0.5) is 10.1 Å². The van der Waals surface area contributed by atoms with Gasteiger partial charge in [0.05, 0.1) is 15.6 Å². The average molecular weight is 636 g/mol. The molecule has 0 heterocycles. The molecule has 1 unspecified atom stereocenters. The molecular formula is C34H35ClFN3O4S. The van der Waals surface area contributed by atoms with Crippen molar-refractivity contribution in [2.75, 3.05) is 10.8 Å². The van der Waals surface area contributed by atoms with Crippen LogP contribution in [-0.2, 0) is 32.6 Å². The number of nitrogens with one attached hydrogen (secondary N) is 1. The SMILES string of the molecule is CC(C)(C)NC(=O)C(Cc1ccccc1)N(Cc1ccccc1F)C(=O)CN(c1ccccc1Cl)S(=O)(=O)c1ccccc1. The van der Waals surface area contributed by atoms with Crippen molar-refractivity contribution < 1.29 is 22.4 Å². The number of carbonyl (C=O) groups is 2. The molecule has 0 aliphatic heterocycles. The van der Waals surface area contributed by atoms with Gasteiger partial charge in [-0.3, -0.25) is 13.9 Å². The van der Waals surface area contributed by atoms with E-state index in [0.717, 1.165) is 9.87 Å².